The number of rotatable bonds is 2. The molecule has 0 aliphatic heterocycles. The van der Waals surface area contributed by atoms with Gasteiger partial charge in [-0.1, -0.05) is 56.2 Å². The standard InChI is InChI=1S/C12H18/c1-4-8-12(3)9-5-6-11(2)7-10-12/h5-7,9-10H,4,8H2,1-3H3. The second kappa shape index (κ2) is 3.75. The van der Waals surface area contributed by atoms with Gasteiger partial charge in [0, 0.05) is 5.41 Å². The summed E-state index contributed by atoms with van der Waals surface area (Å²) in [6, 6.07) is 0. The minimum atomic E-state index is 0.281. The fourth-order valence-corrected chi connectivity index (χ4v) is 1.56. The molecule has 0 heterocycles. The van der Waals surface area contributed by atoms with Crippen LogP contribution in [0.5, 0.6) is 0 Å². The van der Waals surface area contributed by atoms with Gasteiger partial charge in [-0.05, 0) is 13.3 Å². The van der Waals surface area contributed by atoms with Crippen molar-refractivity contribution in [1.29, 1.82) is 0 Å². The van der Waals surface area contributed by atoms with Crippen LogP contribution in [0.3, 0.4) is 0 Å². The molecule has 0 amide bonds. The minimum Gasteiger partial charge on any atom is -0.0748 e. The predicted octanol–water partition coefficient (Wildman–Crippen LogP) is 3.87. The molecule has 0 aromatic rings. The molecule has 0 saturated heterocycles. The first-order chi connectivity index (χ1) is 5.66. The van der Waals surface area contributed by atoms with E-state index in [0.717, 1.165) is 0 Å². The number of hydrogen-bond acceptors (Lipinski definition) is 0. The third-order valence-electron chi connectivity index (χ3n) is 2.35. The molecule has 0 aromatic carbocycles. The van der Waals surface area contributed by atoms with Crippen molar-refractivity contribution < 1.29 is 0 Å². The van der Waals surface area contributed by atoms with Gasteiger partial charge in [0.15, 0.2) is 0 Å². The lowest BCUT2D eigenvalue weighted by molar-refractivity contribution is 0.493. The summed E-state index contributed by atoms with van der Waals surface area (Å²) in [7, 11) is 0. The quantitative estimate of drug-likeness (QED) is 0.578. The fraction of sp³-hybridized carbons (Fsp3) is 0.500. The van der Waals surface area contributed by atoms with Crippen LogP contribution in [-0.4, -0.2) is 0 Å². The van der Waals surface area contributed by atoms with Crippen LogP contribution < -0.4 is 0 Å². The zero-order valence-electron chi connectivity index (χ0n) is 8.30. The number of allylic oxidation sites excluding steroid dienone is 6. The lowest BCUT2D eigenvalue weighted by Gasteiger charge is -2.19. The Balaban J connectivity index is 2.77. The first kappa shape index (κ1) is 9.31. The Kier molecular flexibility index (Phi) is 2.91. The molecular weight excluding hydrogens is 144 g/mol. The SMILES string of the molecule is CCCC1(C)C=CC=C(C)C=C1. The van der Waals surface area contributed by atoms with Crippen molar-refractivity contribution >= 4 is 0 Å². The normalized spacial score (nSPS) is 28.4. The Morgan fingerprint density at radius 1 is 1.33 bits per heavy atom. The summed E-state index contributed by atoms with van der Waals surface area (Å²) >= 11 is 0. The van der Waals surface area contributed by atoms with E-state index in [1.807, 2.05) is 0 Å². The monoisotopic (exact) mass is 162 g/mol. The maximum atomic E-state index is 2.31. The zero-order valence-corrected chi connectivity index (χ0v) is 8.30. The summed E-state index contributed by atoms with van der Waals surface area (Å²) in [4.78, 5) is 0. The van der Waals surface area contributed by atoms with E-state index in [1.165, 1.54) is 18.4 Å². The molecule has 1 aliphatic carbocycles. The van der Waals surface area contributed by atoms with Crippen LogP contribution in [-0.2, 0) is 0 Å². The topological polar surface area (TPSA) is 0 Å². The average Bonchev–Trinajstić information content (AvgIpc) is 2.15. The lowest BCUT2D eigenvalue weighted by Crippen LogP contribution is -2.07. The van der Waals surface area contributed by atoms with E-state index in [-0.39, 0.29) is 5.41 Å². The maximum absolute atomic E-state index is 2.31. The van der Waals surface area contributed by atoms with Crippen LogP contribution in [0.4, 0.5) is 0 Å². The largest absolute Gasteiger partial charge is 0.0748 e. The molecular formula is C12H18. The van der Waals surface area contributed by atoms with E-state index in [0.29, 0.717) is 0 Å². The van der Waals surface area contributed by atoms with E-state index < -0.39 is 0 Å². The van der Waals surface area contributed by atoms with Crippen LogP contribution in [0.2, 0.25) is 0 Å². The summed E-state index contributed by atoms with van der Waals surface area (Å²) in [5, 5.41) is 0. The summed E-state index contributed by atoms with van der Waals surface area (Å²) in [6.45, 7) is 6.66. The molecule has 0 aromatic heterocycles. The van der Waals surface area contributed by atoms with Gasteiger partial charge in [0.05, 0.1) is 0 Å². The zero-order chi connectivity index (χ0) is 9.03. The Labute approximate surface area is 75.7 Å². The molecule has 0 N–H and O–H groups in total. The second-order valence-corrected chi connectivity index (χ2v) is 3.86. The van der Waals surface area contributed by atoms with E-state index in [9.17, 15) is 0 Å². The molecule has 1 rings (SSSR count). The van der Waals surface area contributed by atoms with Crippen molar-refractivity contribution in [3.63, 3.8) is 0 Å². The van der Waals surface area contributed by atoms with Crippen LogP contribution in [0.15, 0.2) is 36.0 Å². The van der Waals surface area contributed by atoms with Crippen molar-refractivity contribution in [1.82, 2.24) is 0 Å². The summed E-state index contributed by atoms with van der Waals surface area (Å²) in [6.07, 6.45) is 13.6. The average molecular weight is 162 g/mol. The van der Waals surface area contributed by atoms with Crippen molar-refractivity contribution in [3.8, 4) is 0 Å². The molecule has 12 heavy (non-hydrogen) atoms. The third-order valence-corrected chi connectivity index (χ3v) is 2.35. The lowest BCUT2D eigenvalue weighted by atomic mass is 9.85. The van der Waals surface area contributed by atoms with Gasteiger partial charge in [0.1, 0.15) is 0 Å². The van der Waals surface area contributed by atoms with Crippen molar-refractivity contribution in [3.05, 3.63) is 36.0 Å². The van der Waals surface area contributed by atoms with Gasteiger partial charge >= 0.3 is 0 Å². The van der Waals surface area contributed by atoms with Gasteiger partial charge in [-0.3, -0.25) is 0 Å². The van der Waals surface area contributed by atoms with Crippen molar-refractivity contribution in [2.45, 2.75) is 33.6 Å². The van der Waals surface area contributed by atoms with E-state index >= 15 is 0 Å². The molecule has 1 unspecified atom stereocenters. The van der Waals surface area contributed by atoms with Gasteiger partial charge in [-0.2, -0.15) is 0 Å². The molecule has 1 atom stereocenters. The number of hydrogen-bond donors (Lipinski definition) is 0. The van der Waals surface area contributed by atoms with Gasteiger partial charge in [0.25, 0.3) is 0 Å². The van der Waals surface area contributed by atoms with Crippen LogP contribution in [0.1, 0.15) is 33.6 Å². The van der Waals surface area contributed by atoms with E-state index in [2.05, 4.69) is 51.2 Å². The van der Waals surface area contributed by atoms with Gasteiger partial charge in [-0.15, -0.1) is 0 Å². The van der Waals surface area contributed by atoms with Crippen LogP contribution in [0, 0.1) is 5.41 Å². The minimum absolute atomic E-state index is 0.281. The van der Waals surface area contributed by atoms with Crippen LogP contribution >= 0.6 is 0 Å². The molecule has 1 aliphatic rings. The summed E-state index contributed by atoms with van der Waals surface area (Å²) in [5.74, 6) is 0. The maximum Gasteiger partial charge on any atom is 0.00389 e. The van der Waals surface area contributed by atoms with Gasteiger partial charge in [-0.25, -0.2) is 0 Å². The molecule has 0 bridgehead atoms. The van der Waals surface area contributed by atoms with E-state index in [4.69, 9.17) is 0 Å². The Bertz CT molecular complexity index is 230. The van der Waals surface area contributed by atoms with Gasteiger partial charge < -0.3 is 0 Å². The second-order valence-electron chi connectivity index (χ2n) is 3.86. The molecule has 66 valence electrons. The third kappa shape index (κ3) is 2.37. The highest BCUT2D eigenvalue weighted by atomic mass is 14.2. The Morgan fingerprint density at radius 2 is 2.08 bits per heavy atom. The predicted molar refractivity (Wildman–Crippen MR) is 55.1 cm³/mol. The molecule has 0 heteroatoms. The first-order valence-electron chi connectivity index (χ1n) is 4.72. The molecule has 0 fully saturated rings. The van der Waals surface area contributed by atoms with Crippen molar-refractivity contribution in [2.24, 2.45) is 5.41 Å². The molecule has 0 spiro atoms. The molecule has 0 nitrogen and oxygen atoms in total. The Morgan fingerprint density at radius 3 is 2.75 bits per heavy atom. The molecule has 0 saturated carbocycles. The fourth-order valence-electron chi connectivity index (χ4n) is 1.56. The van der Waals surface area contributed by atoms with Crippen molar-refractivity contribution in [2.75, 3.05) is 0 Å². The van der Waals surface area contributed by atoms with E-state index in [1.54, 1.807) is 0 Å². The highest BCUT2D eigenvalue weighted by molar-refractivity contribution is 5.29. The molecule has 0 radical (unpaired) electrons. The smallest absolute Gasteiger partial charge is 0.00389 e. The first-order valence-corrected chi connectivity index (χ1v) is 4.72. The highest BCUT2D eigenvalue weighted by Gasteiger charge is 2.15. The highest BCUT2D eigenvalue weighted by Crippen LogP contribution is 2.28. The summed E-state index contributed by atoms with van der Waals surface area (Å²) < 4.78 is 0. The Hall–Kier alpha value is -0.780. The van der Waals surface area contributed by atoms with Crippen LogP contribution in [0.25, 0.3) is 0 Å². The summed E-state index contributed by atoms with van der Waals surface area (Å²) in [5.41, 5.74) is 1.62. The van der Waals surface area contributed by atoms with Gasteiger partial charge in [0.2, 0.25) is 0 Å².